The maximum absolute atomic E-state index is 12.1. The van der Waals surface area contributed by atoms with Crippen molar-refractivity contribution in [3.8, 4) is 11.1 Å². The molecule has 0 spiro atoms. The van der Waals surface area contributed by atoms with E-state index in [9.17, 15) is 4.79 Å². The van der Waals surface area contributed by atoms with Crippen LogP contribution in [0, 0.1) is 0 Å². The standard InChI is InChI=1S/C20H23N5O/c1-23(2)20(26)24-12-10-16(11-13-24)19-21-18-9-8-17(14-25(18)22-19)15-6-4-3-5-7-15/h3-9,14,16H,10-13H2,1-2H3. The van der Waals surface area contributed by atoms with E-state index in [0.717, 1.165) is 43.0 Å². The van der Waals surface area contributed by atoms with Gasteiger partial charge < -0.3 is 9.80 Å². The van der Waals surface area contributed by atoms with Gasteiger partial charge >= 0.3 is 6.03 Å². The molecule has 0 unspecified atom stereocenters. The topological polar surface area (TPSA) is 53.7 Å². The van der Waals surface area contributed by atoms with Crippen molar-refractivity contribution in [1.82, 2.24) is 24.4 Å². The van der Waals surface area contributed by atoms with Gasteiger partial charge in [0.2, 0.25) is 0 Å². The Balaban J connectivity index is 1.52. The number of hydrogen-bond acceptors (Lipinski definition) is 3. The number of aromatic nitrogens is 3. The van der Waals surface area contributed by atoms with E-state index in [1.807, 2.05) is 39.9 Å². The van der Waals surface area contributed by atoms with Crippen molar-refractivity contribution in [2.75, 3.05) is 27.2 Å². The predicted molar refractivity (Wildman–Crippen MR) is 101 cm³/mol. The lowest BCUT2D eigenvalue weighted by atomic mass is 9.96. The number of hydrogen-bond donors (Lipinski definition) is 0. The smallest absolute Gasteiger partial charge is 0.319 e. The summed E-state index contributed by atoms with van der Waals surface area (Å²) < 4.78 is 1.87. The number of urea groups is 1. The summed E-state index contributed by atoms with van der Waals surface area (Å²) in [6, 6.07) is 14.5. The molecule has 2 amide bonds. The number of pyridine rings is 1. The van der Waals surface area contributed by atoms with Crippen molar-refractivity contribution in [3.63, 3.8) is 0 Å². The van der Waals surface area contributed by atoms with E-state index in [1.165, 1.54) is 5.56 Å². The van der Waals surface area contributed by atoms with Gasteiger partial charge in [0.15, 0.2) is 11.5 Å². The van der Waals surface area contributed by atoms with Crippen molar-refractivity contribution in [1.29, 1.82) is 0 Å². The number of fused-ring (bicyclic) bond motifs is 1. The highest BCUT2D eigenvalue weighted by Crippen LogP contribution is 2.27. The third-order valence-corrected chi connectivity index (χ3v) is 4.97. The van der Waals surface area contributed by atoms with Crippen LogP contribution < -0.4 is 0 Å². The molecule has 0 saturated carbocycles. The molecule has 1 aliphatic heterocycles. The lowest BCUT2D eigenvalue weighted by Gasteiger charge is -2.32. The first-order chi connectivity index (χ1) is 12.6. The van der Waals surface area contributed by atoms with Crippen LogP contribution in [0.2, 0.25) is 0 Å². The zero-order valence-corrected chi connectivity index (χ0v) is 15.2. The summed E-state index contributed by atoms with van der Waals surface area (Å²) in [5.74, 6) is 1.19. The van der Waals surface area contributed by atoms with Gasteiger partial charge in [0.1, 0.15) is 0 Å². The number of nitrogens with zero attached hydrogens (tertiary/aromatic N) is 5. The fourth-order valence-corrected chi connectivity index (χ4v) is 3.49. The molecule has 26 heavy (non-hydrogen) atoms. The monoisotopic (exact) mass is 349 g/mol. The van der Waals surface area contributed by atoms with Gasteiger partial charge in [-0.15, -0.1) is 0 Å². The lowest BCUT2D eigenvalue weighted by Crippen LogP contribution is -2.43. The molecule has 1 aliphatic rings. The predicted octanol–water partition coefficient (Wildman–Crippen LogP) is 3.26. The quantitative estimate of drug-likeness (QED) is 0.714. The maximum Gasteiger partial charge on any atom is 0.319 e. The van der Waals surface area contributed by atoms with Gasteiger partial charge in [0.25, 0.3) is 0 Å². The molecule has 134 valence electrons. The van der Waals surface area contributed by atoms with Crippen LogP contribution in [-0.2, 0) is 0 Å². The molecule has 0 N–H and O–H groups in total. The molecular weight excluding hydrogens is 326 g/mol. The average molecular weight is 349 g/mol. The summed E-state index contributed by atoms with van der Waals surface area (Å²) in [5, 5.41) is 4.72. The van der Waals surface area contributed by atoms with Crippen molar-refractivity contribution in [2.45, 2.75) is 18.8 Å². The summed E-state index contributed by atoms with van der Waals surface area (Å²) >= 11 is 0. The lowest BCUT2D eigenvalue weighted by molar-refractivity contribution is 0.155. The molecule has 1 saturated heterocycles. The highest BCUT2D eigenvalue weighted by Gasteiger charge is 2.27. The van der Waals surface area contributed by atoms with E-state index in [0.29, 0.717) is 5.92 Å². The summed E-state index contributed by atoms with van der Waals surface area (Å²) in [6.45, 7) is 1.51. The van der Waals surface area contributed by atoms with Crippen molar-refractivity contribution in [3.05, 3.63) is 54.5 Å². The normalized spacial score (nSPS) is 15.4. The second-order valence-electron chi connectivity index (χ2n) is 6.99. The maximum atomic E-state index is 12.1. The second-order valence-corrected chi connectivity index (χ2v) is 6.99. The van der Waals surface area contributed by atoms with Crippen molar-refractivity contribution in [2.24, 2.45) is 0 Å². The van der Waals surface area contributed by atoms with Gasteiger partial charge in [-0.05, 0) is 30.5 Å². The van der Waals surface area contributed by atoms with E-state index < -0.39 is 0 Å². The van der Waals surface area contributed by atoms with Gasteiger partial charge in [-0.1, -0.05) is 30.3 Å². The Labute approximate surface area is 153 Å². The van der Waals surface area contributed by atoms with E-state index in [4.69, 9.17) is 10.1 Å². The van der Waals surface area contributed by atoms with E-state index in [2.05, 4.69) is 18.2 Å². The molecule has 4 rings (SSSR count). The average Bonchev–Trinajstić information content (AvgIpc) is 3.11. The number of carbonyl (C=O) groups is 1. The summed E-state index contributed by atoms with van der Waals surface area (Å²) in [6.07, 6.45) is 3.84. The van der Waals surface area contributed by atoms with Crippen LogP contribution in [0.25, 0.3) is 16.8 Å². The molecule has 6 heteroatoms. The number of amides is 2. The van der Waals surface area contributed by atoms with Crippen LogP contribution in [0.3, 0.4) is 0 Å². The van der Waals surface area contributed by atoms with Crippen LogP contribution in [0.15, 0.2) is 48.7 Å². The first-order valence-electron chi connectivity index (χ1n) is 9.00. The van der Waals surface area contributed by atoms with Gasteiger partial charge in [-0.3, -0.25) is 0 Å². The van der Waals surface area contributed by atoms with Crippen LogP contribution in [0.5, 0.6) is 0 Å². The molecule has 3 aromatic rings. The Bertz CT molecular complexity index is 910. The zero-order valence-electron chi connectivity index (χ0n) is 15.2. The fourth-order valence-electron chi connectivity index (χ4n) is 3.49. The number of benzene rings is 1. The molecule has 3 heterocycles. The van der Waals surface area contributed by atoms with E-state index in [1.54, 1.807) is 19.0 Å². The number of piperidine rings is 1. The first kappa shape index (κ1) is 16.6. The molecule has 6 nitrogen and oxygen atoms in total. The Hall–Kier alpha value is -2.89. The molecule has 1 fully saturated rings. The third kappa shape index (κ3) is 3.14. The highest BCUT2D eigenvalue weighted by atomic mass is 16.2. The molecular formula is C20H23N5O. The Morgan fingerprint density at radius 1 is 1.04 bits per heavy atom. The van der Waals surface area contributed by atoms with Gasteiger partial charge in [-0.2, -0.15) is 5.10 Å². The molecule has 0 atom stereocenters. The molecule has 2 aromatic heterocycles. The van der Waals surface area contributed by atoms with Crippen molar-refractivity contribution >= 4 is 11.7 Å². The van der Waals surface area contributed by atoms with Gasteiger partial charge in [-0.25, -0.2) is 14.3 Å². The zero-order chi connectivity index (χ0) is 18.1. The van der Waals surface area contributed by atoms with Crippen molar-refractivity contribution < 1.29 is 4.79 Å². The Morgan fingerprint density at radius 2 is 1.77 bits per heavy atom. The van der Waals surface area contributed by atoms with E-state index in [-0.39, 0.29) is 6.03 Å². The summed E-state index contributed by atoms with van der Waals surface area (Å²) in [7, 11) is 3.59. The van der Waals surface area contributed by atoms with Crippen LogP contribution >= 0.6 is 0 Å². The number of rotatable bonds is 2. The fraction of sp³-hybridized carbons (Fsp3) is 0.350. The highest BCUT2D eigenvalue weighted by molar-refractivity contribution is 5.73. The molecule has 0 bridgehead atoms. The minimum absolute atomic E-state index is 0.0823. The van der Waals surface area contributed by atoms with Crippen LogP contribution in [-0.4, -0.2) is 57.6 Å². The number of likely N-dealkylation sites (tertiary alicyclic amines) is 1. The van der Waals surface area contributed by atoms with Crippen LogP contribution in [0.4, 0.5) is 4.79 Å². The Kier molecular flexibility index (Phi) is 4.32. The summed E-state index contributed by atoms with van der Waals surface area (Å²) in [5.41, 5.74) is 3.16. The SMILES string of the molecule is CN(C)C(=O)N1CCC(c2nc3ccc(-c4ccccc4)cn3n2)CC1. The van der Waals surface area contributed by atoms with E-state index >= 15 is 0 Å². The minimum Gasteiger partial charge on any atom is -0.331 e. The van der Waals surface area contributed by atoms with Crippen LogP contribution in [0.1, 0.15) is 24.6 Å². The second kappa shape index (κ2) is 6.78. The Morgan fingerprint density at radius 3 is 2.46 bits per heavy atom. The molecule has 1 aromatic carbocycles. The molecule has 0 radical (unpaired) electrons. The largest absolute Gasteiger partial charge is 0.331 e. The number of carbonyl (C=O) groups excluding carboxylic acids is 1. The summed E-state index contributed by atoms with van der Waals surface area (Å²) in [4.78, 5) is 20.3. The van der Waals surface area contributed by atoms with Gasteiger partial charge in [0, 0.05) is 44.9 Å². The van der Waals surface area contributed by atoms with Gasteiger partial charge in [0.05, 0.1) is 0 Å². The molecule has 0 aliphatic carbocycles. The minimum atomic E-state index is 0.0823. The first-order valence-corrected chi connectivity index (χ1v) is 9.00. The third-order valence-electron chi connectivity index (χ3n) is 4.97.